The highest BCUT2D eigenvalue weighted by atomic mass is 19.1. The summed E-state index contributed by atoms with van der Waals surface area (Å²) in [5.41, 5.74) is 6.72. The van der Waals surface area contributed by atoms with Crippen molar-refractivity contribution < 1.29 is 13.9 Å². The van der Waals surface area contributed by atoms with Crippen LogP contribution in [0.25, 0.3) is 0 Å². The molecule has 0 aliphatic heterocycles. The fraction of sp³-hybridized carbons (Fsp3) is 0.318. The number of rotatable bonds is 14. The summed E-state index contributed by atoms with van der Waals surface area (Å²) in [6.07, 6.45) is 0. The highest BCUT2D eigenvalue weighted by Gasteiger charge is 2.08. The van der Waals surface area contributed by atoms with E-state index in [1.165, 1.54) is 6.07 Å². The maximum Gasteiger partial charge on any atom is 0.233 e. The van der Waals surface area contributed by atoms with E-state index in [0.29, 0.717) is 62.9 Å². The van der Waals surface area contributed by atoms with Gasteiger partial charge in [-0.25, -0.2) is 4.39 Å². The smallest absolute Gasteiger partial charge is 0.233 e. The molecule has 3 rings (SSSR count). The lowest BCUT2D eigenvalue weighted by molar-refractivity contribution is 0.0547. The Labute approximate surface area is 186 Å². The molecule has 0 atom stereocenters. The third kappa shape index (κ3) is 8.06. The van der Waals surface area contributed by atoms with Crippen LogP contribution in [0.3, 0.4) is 0 Å². The molecule has 1 heterocycles. The van der Waals surface area contributed by atoms with Gasteiger partial charge in [0.25, 0.3) is 0 Å². The number of nitrogens with two attached hydrogens (primary N) is 1. The molecule has 3 aromatic rings. The predicted molar refractivity (Wildman–Crippen MR) is 122 cm³/mol. The number of nitrogens with zero attached hydrogens (tertiary/aromatic N) is 3. The zero-order valence-corrected chi connectivity index (χ0v) is 17.8. The third-order valence-corrected chi connectivity index (χ3v) is 4.22. The molecule has 0 aliphatic rings. The Morgan fingerprint density at radius 2 is 1.41 bits per heavy atom. The molecule has 0 aliphatic carbocycles. The Hall–Kier alpha value is -3.34. The second-order valence-corrected chi connectivity index (χ2v) is 6.68. The van der Waals surface area contributed by atoms with Gasteiger partial charge in [-0.3, -0.25) is 0 Å². The molecule has 0 unspecified atom stereocenters. The lowest BCUT2D eigenvalue weighted by Gasteiger charge is -2.12. The molecule has 0 bridgehead atoms. The SMILES string of the molecule is NCCOCCOCCNc1nc(NCc2ccccc2F)nc(Nc2ccccc2)n1. The third-order valence-electron chi connectivity index (χ3n) is 4.22. The first-order valence-electron chi connectivity index (χ1n) is 10.4. The largest absolute Gasteiger partial charge is 0.378 e. The lowest BCUT2D eigenvalue weighted by Crippen LogP contribution is -2.17. The normalized spacial score (nSPS) is 10.7. The minimum Gasteiger partial charge on any atom is -0.378 e. The van der Waals surface area contributed by atoms with Gasteiger partial charge in [-0.05, 0) is 18.2 Å². The molecule has 0 fully saturated rings. The summed E-state index contributed by atoms with van der Waals surface area (Å²) in [5.74, 6) is 0.765. The van der Waals surface area contributed by atoms with E-state index in [-0.39, 0.29) is 12.4 Å². The van der Waals surface area contributed by atoms with E-state index in [0.717, 1.165) is 5.69 Å². The van der Waals surface area contributed by atoms with Gasteiger partial charge in [-0.2, -0.15) is 15.0 Å². The molecule has 0 saturated carbocycles. The standard InChI is InChI=1S/C22H28FN7O2/c23-19-9-5-4-6-17(19)16-26-21-28-20(25-11-13-32-15-14-31-12-10-24)29-22(30-21)27-18-7-2-1-3-8-18/h1-9H,10-16,24H2,(H3,25,26,27,28,29,30). The van der Waals surface area contributed by atoms with Crippen molar-refractivity contribution in [2.24, 2.45) is 5.73 Å². The van der Waals surface area contributed by atoms with E-state index in [4.69, 9.17) is 15.2 Å². The van der Waals surface area contributed by atoms with Crippen LogP contribution < -0.4 is 21.7 Å². The second-order valence-electron chi connectivity index (χ2n) is 6.68. The van der Waals surface area contributed by atoms with Crippen molar-refractivity contribution >= 4 is 23.5 Å². The first-order chi connectivity index (χ1) is 15.7. The monoisotopic (exact) mass is 441 g/mol. The number of hydrogen-bond acceptors (Lipinski definition) is 9. The number of aromatic nitrogens is 3. The average molecular weight is 442 g/mol. The predicted octanol–water partition coefficient (Wildman–Crippen LogP) is 2.77. The number of hydrogen-bond donors (Lipinski definition) is 4. The molecule has 32 heavy (non-hydrogen) atoms. The zero-order valence-electron chi connectivity index (χ0n) is 17.8. The number of para-hydroxylation sites is 1. The average Bonchev–Trinajstić information content (AvgIpc) is 2.81. The van der Waals surface area contributed by atoms with Crippen LogP contribution in [0.5, 0.6) is 0 Å². The van der Waals surface area contributed by atoms with Crippen molar-refractivity contribution in [3.8, 4) is 0 Å². The summed E-state index contributed by atoms with van der Waals surface area (Å²) < 4.78 is 24.7. The minimum absolute atomic E-state index is 0.243. The summed E-state index contributed by atoms with van der Waals surface area (Å²) in [6.45, 7) is 3.19. The van der Waals surface area contributed by atoms with Gasteiger partial charge >= 0.3 is 0 Å². The molecular weight excluding hydrogens is 413 g/mol. The Bertz CT molecular complexity index is 947. The van der Waals surface area contributed by atoms with Crippen molar-refractivity contribution in [3.63, 3.8) is 0 Å². The van der Waals surface area contributed by atoms with Crippen LogP contribution in [0.4, 0.5) is 27.9 Å². The fourth-order valence-electron chi connectivity index (χ4n) is 2.70. The summed E-state index contributed by atoms with van der Waals surface area (Å²) in [4.78, 5) is 13.2. The van der Waals surface area contributed by atoms with Gasteiger partial charge in [0.1, 0.15) is 5.82 Å². The first kappa shape index (κ1) is 23.3. The molecule has 1 aromatic heterocycles. The van der Waals surface area contributed by atoms with Crippen LogP contribution in [0, 0.1) is 5.82 Å². The fourth-order valence-corrected chi connectivity index (χ4v) is 2.70. The molecule has 0 saturated heterocycles. The van der Waals surface area contributed by atoms with Crippen molar-refractivity contribution in [1.82, 2.24) is 15.0 Å². The van der Waals surface area contributed by atoms with Gasteiger partial charge in [0.05, 0.1) is 26.4 Å². The Kier molecular flexibility index (Phi) is 9.59. The van der Waals surface area contributed by atoms with Crippen LogP contribution in [0.15, 0.2) is 54.6 Å². The van der Waals surface area contributed by atoms with Crippen LogP contribution in [0.1, 0.15) is 5.56 Å². The van der Waals surface area contributed by atoms with Crippen molar-refractivity contribution in [1.29, 1.82) is 0 Å². The quantitative estimate of drug-likeness (QED) is 0.280. The van der Waals surface area contributed by atoms with Crippen LogP contribution in [-0.4, -0.2) is 54.5 Å². The Morgan fingerprint density at radius 1 is 0.750 bits per heavy atom. The minimum atomic E-state index is -0.289. The van der Waals surface area contributed by atoms with Gasteiger partial charge in [0.2, 0.25) is 17.8 Å². The van der Waals surface area contributed by atoms with Gasteiger partial charge in [0, 0.05) is 30.9 Å². The summed E-state index contributed by atoms with van der Waals surface area (Å²) in [6, 6.07) is 16.1. The number of halogens is 1. The lowest BCUT2D eigenvalue weighted by atomic mass is 10.2. The van der Waals surface area contributed by atoms with Crippen molar-refractivity contribution in [2.75, 3.05) is 55.5 Å². The summed E-state index contributed by atoms with van der Waals surface area (Å²) >= 11 is 0. The molecule has 0 spiro atoms. The van der Waals surface area contributed by atoms with E-state index in [1.54, 1.807) is 18.2 Å². The number of anilines is 4. The number of benzene rings is 2. The van der Waals surface area contributed by atoms with Gasteiger partial charge in [0.15, 0.2) is 0 Å². The van der Waals surface area contributed by atoms with Crippen molar-refractivity contribution in [2.45, 2.75) is 6.54 Å². The highest BCUT2D eigenvalue weighted by Crippen LogP contribution is 2.16. The maximum atomic E-state index is 13.9. The van der Waals surface area contributed by atoms with Crippen LogP contribution in [0.2, 0.25) is 0 Å². The van der Waals surface area contributed by atoms with E-state index < -0.39 is 0 Å². The molecule has 2 aromatic carbocycles. The van der Waals surface area contributed by atoms with Gasteiger partial charge in [-0.1, -0.05) is 36.4 Å². The Morgan fingerprint density at radius 3 is 2.16 bits per heavy atom. The molecule has 170 valence electrons. The van der Waals surface area contributed by atoms with E-state index in [9.17, 15) is 4.39 Å². The molecule has 0 radical (unpaired) electrons. The summed E-state index contributed by atoms with van der Waals surface area (Å²) in [7, 11) is 0. The number of nitrogens with one attached hydrogen (secondary N) is 3. The molecule has 5 N–H and O–H groups in total. The van der Waals surface area contributed by atoms with E-state index in [1.807, 2.05) is 30.3 Å². The molecule has 9 nitrogen and oxygen atoms in total. The first-order valence-corrected chi connectivity index (χ1v) is 10.4. The van der Waals surface area contributed by atoms with Crippen LogP contribution in [-0.2, 0) is 16.0 Å². The number of ether oxygens (including phenoxy) is 2. The van der Waals surface area contributed by atoms with E-state index in [2.05, 4.69) is 30.9 Å². The molecule has 10 heteroatoms. The topological polar surface area (TPSA) is 119 Å². The Balaban J connectivity index is 1.60. The van der Waals surface area contributed by atoms with E-state index >= 15 is 0 Å². The van der Waals surface area contributed by atoms with Gasteiger partial charge < -0.3 is 31.2 Å². The zero-order chi connectivity index (χ0) is 22.4. The molecular formula is C22H28FN7O2. The second kappa shape index (κ2) is 13.2. The van der Waals surface area contributed by atoms with Crippen LogP contribution >= 0.6 is 0 Å². The molecule has 0 amide bonds. The summed E-state index contributed by atoms with van der Waals surface area (Å²) in [5, 5.41) is 9.33. The van der Waals surface area contributed by atoms with Crippen molar-refractivity contribution in [3.05, 3.63) is 66.0 Å². The van der Waals surface area contributed by atoms with Gasteiger partial charge in [-0.15, -0.1) is 0 Å². The highest BCUT2D eigenvalue weighted by molar-refractivity contribution is 5.55. The maximum absolute atomic E-state index is 13.9.